The van der Waals surface area contributed by atoms with Crippen molar-refractivity contribution in [2.45, 2.75) is 6.54 Å². The van der Waals surface area contributed by atoms with Crippen LogP contribution < -0.4 is 5.73 Å². The quantitative estimate of drug-likeness (QED) is 0.918. The monoisotopic (exact) mass is 303 g/mol. The lowest BCUT2D eigenvalue weighted by Crippen LogP contribution is -2.48. The van der Waals surface area contributed by atoms with Crippen LogP contribution in [0.25, 0.3) is 0 Å². The summed E-state index contributed by atoms with van der Waals surface area (Å²) in [4.78, 5) is 24.6. The van der Waals surface area contributed by atoms with Crippen molar-refractivity contribution in [1.82, 2.24) is 19.8 Å². The predicted octanol–water partition coefficient (Wildman–Crippen LogP) is 1.08. The van der Waals surface area contributed by atoms with Gasteiger partial charge in [-0.3, -0.25) is 14.7 Å². The highest BCUT2D eigenvalue weighted by molar-refractivity contribution is 7.13. The summed E-state index contributed by atoms with van der Waals surface area (Å²) in [6.45, 7) is 4.03. The molecule has 1 aliphatic rings. The summed E-state index contributed by atoms with van der Waals surface area (Å²) in [7, 11) is 0. The van der Waals surface area contributed by atoms with Crippen LogP contribution in [0.1, 0.15) is 16.1 Å². The van der Waals surface area contributed by atoms with Crippen molar-refractivity contribution in [3.8, 4) is 0 Å². The molecule has 2 N–H and O–H groups in total. The molecule has 1 saturated heterocycles. The summed E-state index contributed by atoms with van der Waals surface area (Å²) in [6, 6.07) is 4.02. The first-order valence-electron chi connectivity index (χ1n) is 6.84. The number of hydrogen-bond acceptors (Lipinski definition) is 6. The number of amides is 1. The van der Waals surface area contributed by atoms with Crippen molar-refractivity contribution in [3.63, 3.8) is 0 Å². The van der Waals surface area contributed by atoms with Gasteiger partial charge in [0.1, 0.15) is 5.69 Å². The smallest absolute Gasteiger partial charge is 0.273 e. The number of rotatable bonds is 3. The Balaban J connectivity index is 1.54. The minimum atomic E-state index is -0.0241. The molecule has 0 aliphatic carbocycles. The average molecular weight is 303 g/mol. The van der Waals surface area contributed by atoms with Gasteiger partial charge in [0, 0.05) is 50.5 Å². The summed E-state index contributed by atoms with van der Waals surface area (Å²) in [6.07, 6.45) is 3.66. The van der Waals surface area contributed by atoms with Crippen LogP contribution in [-0.2, 0) is 6.54 Å². The number of nitrogens with two attached hydrogens (primary N) is 1. The van der Waals surface area contributed by atoms with E-state index in [0.717, 1.165) is 32.7 Å². The molecule has 2 aromatic heterocycles. The van der Waals surface area contributed by atoms with E-state index >= 15 is 0 Å². The van der Waals surface area contributed by atoms with E-state index in [4.69, 9.17) is 5.73 Å². The molecule has 0 radical (unpaired) electrons. The van der Waals surface area contributed by atoms with Gasteiger partial charge >= 0.3 is 0 Å². The van der Waals surface area contributed by atoms with Crippen LogP contribution in [0, 0.1) is 0 Å². The van der Waals surface area contributed by atoms with Crippen LogP contribution in [0.3, 0.4) is 0 Å². The standard InChI is InChI=1S/C14H17N5OS/c15-14-17-12(10-21-14)13(20)19-6-4-18(5-7-19)9-11-2-1-3-16-8-11/h1-3,8,10H,4-7,9H2,(H2,15,17). The van der Waals surface area contributed by atoms with Crippen LogP contribution in [0.5, 0.6) is 0 Å². The molecule has 0 atom stereocenters. The lowest BCUT2D eigenvalue weighted by atomic mass is 10.2. The Kier molecular flexibility index (Phi) is 4.12. The summed E-state index contributed by atoms with van der Waals surface area (Å²) >= 11 is 1.30. The van der Waals surface area contributed by atoms with E-state index in [-0.39, 0.29) is 5.91 Å². The first-order valence-corrected chi connectivity index (χ1v) is 7.72. The van der Waals surface area contributed by atoms with Crippen molar-refractivity contribution in [2.75, 3.05) is 31.9 Å². The summed E-state index contributed by atoms with van der Waals surface area (Å²) in [5.74, 6) is -0.0241. The van der Waals surface area contributed by atoms with Gasteiger partial charge in [-0.15, -0.1) is 11.3 Å². The zero-order valence-corrected chi connectivity index (χ0v) is 12.4. The highest BCUT2D eigenvalue weighted by Crippen LogP contribution is 2.15. The molecule has 7 heteroatoms. The van der Waals surface area contributed by atoms with Gasteiger partial charge in [-0.1, -0.05) is 6.07 Å². The van der Waals surface area contributed by atoms with Gasteiger partial charge in [-0.25, -0.2) is 4.98 Å². The Morgan fingerprint density at radius 2 is 2.14 bits per heavy atom. The molecular formula is C14H17N5OS. The van der Waals surface area contributed by atoms with Gasteiger partial charge < -0.3 is 10.6 Å². The number of thiazole rings is 1. The Morgan fingerprint density at radius 1 is 1.33 bits per heavy atom. The third kappa shape index (κ3) is 3.37. The summed E-state index contributed by atoms with van der Waals surface area (Å²) in [5, 5.41) is 2.16. The molecule has 3 heterocycles. The second-order valence-corrected chi connectivity index (χ2v) is 5.89. The van der Waals surface area contributed by atoms with E-state index < -0.39 is 0 Å². The van der Waals surface area contributed by atoms with Crippen molar-refractivity contribution in [3.05, 3.63) is 41.2 Å². The maximum absolute atomic E-state index is 12.3. The van der Waals surface area contributed by atoms with Crippen LogP contribution >= 0.6 is 11.3 Å². The second kappa shape index (κ2) is 6.19. The number of nitrogen functional groups attached to an aromatic ring is 1. The van der Waals surface area contributed by atoms with Gasteiger partial charge in [-0.2, -0.15) is 0 Å². The van der Waals surface area contributed by atoms with Crippen LogP contribution in [0.2, 0.25) is 0 Å². The lowest BCUT2D eigenvalue weighted by molar-refractivity contribution is 0.0623. The number of piperazine rings is 1. The Labute approximate surface area is 127 Å². The van der Waals surface area contributed by atoms with E-state index in [1.54, 1.807) is 11.6 Å². The number of nitrogens with zero attached hydrogens (tertiary/aromatic N) is 4. The third-order valence-corrected chi connectivity index (χ3v) is 4.20. The maximum atomic E-state index is 12.3. The molecule has 3 rings (SSSR count). The van der Waals surface area contributed by atoms with Crippen LogP contribution in [0.15, 0.2) is 29.9 Å². The fourth-order valence-electron chi connectivity index (χ4n) is 2.41. The molecule has 2 aromatic rings. The zero-order valence-electron chi connectivity index (χ0n) is 11.6. The maximum Gasteiger partial charge on any atom is 0.273 e. The third-order valence-electron chi connectivity index (χ3n) is 3.53. The molecule has 0 aromatic carbocycles. The molecule has 21 heavy (non-hydrogen) atoms. The topological polar surface area (TPSA) is 75.3 Å². The van der Waals surface area contributed by atoms with Gasteiger partial charge in [0.25, 0.3) is 5.91 Å². The SMILES string of the molecule is Nc1nc(C(=O)N2CCN(Cc3cccnc3)CC2)cs1. The summed E-state index contributed by atoms with van der Waals surface area (Å²) in [5.41, 5.74) is 7.23. The van der Waals surface area contributed by atoms with Gasteiger partial charge in [0.2, 0.25) is 0 Å². The van der Waals surface area contributed by atoms with Crippen molar-refractivity contribution in [2.24, 2.45) is 0 Å². The normalized spacial score (nSPS) is 16.1. The van der Waals surface area contributed by atoms with Crippen LogP contribution in [0.4, 0.5) is 5.13 Å². The fraction of sp³-hybridized carbons (Fsp3) is 0.357. The molecule has 0 unspecified atom stereocenters. The van der Waals surface area contributed by atoms with Crippen molar-refractivity contribution in [1.29, 1.82) is 0 Å². The minimum Gasteiger partial charge on any atom is -0.375 e. The largest absolute Gasteiger partial charge is 0.375 e. The Morgan fingerprint density at radius 3 is 2.76 bits per heavy atom. The van der Waals surface area contributed by atoms with Crippen LogP contribution in [-0.4, -0.2) is 51.9 Å². The first kappa shape index (κ1) is 14.0. The zero-order chi connectivity index (χ0) is 14.7. The van der Waals surface area contributed by atoms with Gasteiger partial charge in [0.15, 0.2) is 5.13 Å². The average Bonchev–Trinajstić information content (AvgIpc) is 2.95. The molecular weight excluding hydrogens is 286 g/mol. The minimum absolute atomic E-state index is 0.0241. The number of pyridine rings is 1. The lowest BCUT2D eigenvalue weighted by Gasteiger charge is -2.34. The molecule has 110 valence electrons. The number of aromatic nitrogens is 2. The first-order chi connectivity index (χ1) is 10.2. The number of carbonyl (C=O) groups excluding carboxylic acids is 1. The second-order valence-electron chi connectivity index (χ2n) is 5.00. The Bertz CT molecular complexity index is 607. The van der Waals surface area contributed by atoms with Gasteiger partial charge in [0.05, 0.1) is 0 Å². The molecule has 0 bridgehead atoms. The van der Waals surface area contributed by atoms with E-state index in [0.29, 0.717) is 10.8 Å². The van der Waals surface area contributed by atoms with Crippen molar-refractivity contribution >= 4 is 22.4 Å². The number of hydrogen-bond donors (Lipinski definition) is 1. The number of carbonyl (C=O) groups is 1. The van der Waals surface area contributed by atoms with E-state index in [9.17, 15) is 4.79 Å². The van der Waals surface area contributed by atoms with Gasteiger partial charge in [-0.05, 0) is 11.6 Å². The molecule has 0 spiro atoms. The molecule has 1 fully saturated rings. The molecule has 1 amide bonds. The van der Waals surface area contributed by atoms with E-state index in [1.165, 1.54) is 16.9 Å². The van der Waals surface area contributed by atoms with Crippen molar-refractivity contribution < 1.29 is 4.79 Å². The summed E-state index contributed by atoms with van der Waals surface area (Å²) < 4.78 is 0. The number of anilines is 1. The highest BCUT2D eigenvalue weighted by atomic mass is 32.1. The van der Waals surface area contributed by atoms with E-state index in [2.05, 4.69) is 20.9 Å². The molecule has 1 aliphatic heterocycles. The highest BCUT2D eigenvalue weighted by Gasteiger charge is 2.23. The Hall–Kier alpha value is -1.99. The molecule has 0 saturated carbocycles. The fourth-order valence-corrected chi connectivity index (χ4v) is 2.94. The van der Waals surface area contributed by atoms with E-state index in [1.807, 2.05) is 17.2 Å². The molecule has 6 nitrogen and oxygen atoms in total. The predicted molar refractivity (Wildman–Crippen MR) is 81.9 cm³/mol.